The molecule has 0 aromatic heterocycles. The van der Waals surface area contributed by atoms with E-state index < -0.39 is 0 Å². The lowest BCUT2D eigenvalue weighted by Gasteiger charge is -2.28. The third-order valence-electron chi connectivity index (χ3n) is 2.57. The SMILES string of the molecule is C/C=C/[C@H](c1ccc(O)cc1)C(C)(C)C. The zero-order valence-corrected chi connectivity index (χ0v) is 9.99. The van der Waals surface area contributed by atoms with Crippen LogP contribution in [0.15, 0.2) is 36.4 Å². The number of phenolic OH excluding ortho intramolecular Hbond substituents is 1. The first-order valence-corrected chi connectivity index (χ1v) is 5.37. The number of aromatic hydroxyl groups is 1. The Balaban J connectivity index is 3.05. The first-order chi connectivity index (χ1) is 6.95. The molecule has 82 valence electrons. The summed E-state index contributed by atoms with van der Waals surface area (Å²) in [6, 6.07) is 7.48. The molecule has 1 aromatic rings. The van der Waals surface area contributed by atoms with E-state index in [1.165, 1.54) is 5.56 Å². The highest BCUT2D eigenvalue weighted by Gasteiger charge is 2.23. The van der Waals surface area contributed by atoms with Crippen LogP contribution in [0, 0.1) is 5.41 Å². The Morgan fingerprint density at radius 1 is 1.13 bits per heavy atom. The van der Waals surface area contributed by atoms with Gasteiger partial charge in [-0.05, 0) is 30.0 Å². The Bertz CT molecular complexity index is 327. The number of benzene rings is 1. The Labute approximate surface area is 92.5 Å². The lowest BCUT2D eigenvalue weighted by atomic mass is 9.76. The molecule has 0 radical (unpaired) electrons. The molecule has 0 heterocycles. The van der Waals surface area contributed by atoms with Crippen molar-refractivity contribution in [2.24, 2.45) is 5.41 Å². The van der Waals surface area contributed by atoms with E-state index in [1.807, 2.05) is 19.1 Å². The molecular formula is C14H20O. The van der Waals surface area contributed by atoms with Crippen molar-refractivity contribution in [3.8, 4) is 5.75 Å². The molecule has 0 spiro atoms. The fourth-order valence-corrected chi connectivity index (χ4v) is 1.77. The van der Waals surface area contributed by atoms with Crippen LogP contribution in [0.4, 0.5) is 0 Å². The van der Waals surface area contributed by atoms with Gasteiger partial charge in [0, 0.05) is 5.92 Å². The van der Waals surface area contributed by atoms with Gasteiger partial charge in [0.1, 0.15) is 5.75 Å². The van der Waals surface area contributed by atoms with Crippen molar-refractivity contribution < 1.29 is 5.11 Å². The molecule has 15 heavy (non-hydrogen) atoms. The first-order valence-electron chi connectivity index (χ1n) is 5.37. The maximum atomic E-state index is 9.25. The van der Waals surface area contributed by atoms with E-state index >= 15 is 0 Å². The second-order valence-corrected chi connectivity index (χ2v) is 4.96. The van der Waals surface area contributed by atoms with Gasteiger partial charge in [0.15, 0.2) is 0 Å². The van der Waals surface area contributed by atoms with Gasteiger partial charge in [0.2, 0.25) is 0 Å². The third-order valence-corrected chi connectivity index (χ3v) is 2.57. The third kappa shape index (κ3) is 3.12. The van der Waals surface area contributed by atoms with E-state index in [4.69, 9.17) is 0 Å². The lowest BCUT2D eigenvalue weighted by molar-refractivity contribution is 0.366. The number of hydrogen-bond donors (Lipinski definition) is 1. The molecule has 1 aromatic carbocycles. The van der Waals surface area contributed by atoms with E-state index in [1.54, 1.807) is 12.1 Å². The van der Waals surface area contributed by atoms with Crippen molar-refractivity contribution >= 4 is 0 Å². The maximum Gasteiger partial charge on any atom is 0.115 e. The Morgan fingerprint density at radius 2 is 1.67 bits per heavy atom. The molecule has 0 saturated carbocycles. The van der Waals surface area contributed by atoms with Crippen molar-refractivity contribution in [2.75, 3.05) is 0 Å². The summed E-state index contributed by atoms with van der Waals surface area (Å²) < 4.78 is 0. The van der Waals surface area contributed by atoms with Crippen LogP contribution in [0.2, 0.25) is 0 Å². The van der Waals surface area contributed by atoms with Gasteiger partial charge in [-0.1, -0.05) is 45.1 Å². The van der Waals surface area contributed by atoms with Crippen LogP contribution in [-0.2, 0) is 0 Å². The minimum Gasteiger partial charge on any atom is -0.508 e. The van der Waals surface area contributed by atoms with Crippen LogP contribution in [-0.4, -0.2) is 5.11 Å². The number of phenols is 1. The van der Waals surface area contributed by atoms with Gasteiger partial charge in [0.25, 0.3) is 0 Å². The second kappa shape index (κ2) is 4.52. The summed E-state index contributed by atoms with van der Waals surface area (Å²) in [6.07, 6.45) is 4.30. The number of hydrogen-bond acceptors (Lipinski definition) is 1. The highest BCUT2D eigenvalue weighted by molar-refractivity contribution is 5.31. The maximum absolute atomic E-state index is 9.25. The summed E-state index contributed by atoms with van der Waals surface area (Å²) in [7, 11) is 0. The topological polar surface area (TPSA) is 20.2 Å². The molecule has 0 aliphatic heterocycles. The van der Waals surface area contributed by atoms with Gasteiger partial charge in [-0.2, -0.15) is 0 Å². The smallest absolute Gasteiger partial charge is 0.115 e. The Morgan fingerprint density at radius 3 is 2.07 bits per heavy atom. The average Bonchev–Trinajstić information content (AvgIpc) is 2.14. The Hall–Kier alpha value is -1.24. The number of allylic oxidation sites excluding steroid dienone is 2. The largest absolute Gasteiger partial charge is 0.508 e. The summed E-state index contributed by atoms with van der Waals surface area (Å²) >= 11 is 0. The van der Waals surface area contributed by atoms with Gasteiger partial charge < -0.3 is 5.11 Å². The molecule has 1 atom stereocenters. The predicted molar refractivity (Wildman–Crippen MR) is 65.1 cm³/mol. The molecule has 1 heteroatoms. The van der Waals surface area contributed by atoms with Crippen LogP contribution in [0.5, 0.6) is 5.75 Å². The summed E-state index contributed by atoms with van der Waals surface area (Å²) in [4.78, 5) is 0. The van der Waals surface area contributed by atoms with Crippen LogP contribution < -0.4 is 0 Å². The molecular weight excluding hydrogens is 184 g/mol. The summed E-state index contributed by atoms with van der Waals surface area (Å²) in [5, 5.41) is 9.25. The van der Waals surface area contributed by atoms with Crippen molar-refractivity contribution in [1.82, 2.24) is 0 Å². The van der Waals surface area contributed by atoms with Crippen molar-refractivity contribution in [3.05, 3.63) is 42.0 Å². The zero-order valence-electron chi connectivity index (χ0n) is 9.99. The van der Waals surface area contributed by atoms with Gasteiger partial charge in [-0.3, -0.25) is 0 Å². The van der Waals surface area contributed by atoms with E-state index in [-0.39, 0.29) is 5.41 Å². The standard InChI is InChI=1S/C14H20O/c1-5-6-13(14(2,3)4)11-7-9-12(15)10-8-11/h5-10,13,15H,1-4H3/b6-5+/t13-/m1/s1. The van der Waals surface area contributed by atoms with Gasteiger partial charge in [-0.15, -0.1) is 0 Å². The minimum absolute atomic E-state index is 0.198. The summed E-state index contributed by atoms with van der Waals surface area (Å²) in [6.45, 7) is 8.72. The van der Waals surface area contributed by atoms with Gasteiger partial charge in [-0.25, -0.2) is 0 Å². The molecule has 0 unspecified atom stereocenters. The zero-order chi connectivity index (χ0) is 11.5. The molecule has 0 bridgehead atoms. The van der Waals surface area contributed by atoms with Gasteiger partial charge >= 0.3 is 0 Å². The predicted octanol–water partition coefficient (Wildman–Crippen LogP) is 4.10. The minimum atomic E-state index is 0.198. The fourth-order valence-electron chi connectivity index (χ4n) is 1.77. The lowest BCUT2D eigenvalue weighted by Crippen LogP contribution is -2.16. The molecule has 0 amide bonds. The normalized spacial score (nSPS) is 14.4. The van der Waals surface area contributed by atoms with E-state index in [0.717, 1.165) is 0 Å². The van der Waals surface area contributed by atoms with Crippen LogP contribution >= 0.6 is 0 Å². The molecule has 0 fully saturated rings. The quantitative estimate of drug-likeness (QED) is 0.719. The summed E-state index contributed by atoms with van der Waals surface area (Å²) in [5.74, 6) is 0.718. The van der Waals surface area contributed by atoms with E-state index in [0.29, 0.717) is 11.7 Å². The molecule has 1 N–H and O–H groups in total. The highest BCUT2D eigenvalue weighted by Crippen LogP contribution is 2.36. The first kappa shape index (κ1) is 11.8. The molecule has 0 saturated heterocycles. The molecule has 0 aliphatic carbocycles. The molecule has 0 aliphatic rings. The average molecular weight is 204 g/mol. The van der Waals surface area contributed by atoms with Crippen molar-refractivity contribution in [1.29, 1.82) is 0 Å². The fraction of sp³-hybridized carbons (Fsp3) is 0.429. The van der Waals surface area contributed by atoms with Crippen molar-refractivity contribution in [3.63, 3.8) is 0 Å². The van der Waals surface area contributed by atoms with Crippen LogP contribution in [0.1, 0.15) is 39.2 Å². The molecule has 1 nitrogen and oxygen atoms in total. The number of rotatable bonds is 2. The van der Waals surface area contributed by atoms with Crippen LogP contribution in [0.3, 0.4) is 0 Å². The van der Waals surface area contributed by atoms with E-state index in [2.05, 4.69) is 32.9 Å². The monoisotopic (exact) mass is 204 g/mol. The molecule has 1 rings (SSSR count). The van der Waals surface area contributed by atoms with E-state index in [9.17, 15) is 5.11 Å². The summed E-state index contributed by atoms with van der Waals surface area (Å²) in [5.41, 5.74) is 1.45. The highest BCUT2D eigenvalue weighted by atomic mass is 16.3. The van der Waals surface area contributed by atoms with Gasteiger partial charge in [0.05, 0.1) is 0 Å². The Kier molecular flexibility index (Phi) is 3.57. The van der Waals surface area contributed by atoms with Crippen LogP contribution in [0.25, 0.3) is 0 Å². The van der Waals surface area contributed by atoms with Crippen molar-refractivity contribution in [2.45, 2.75) is 33.6 Å². The second-order valence-electron chi connectivity index (χ2n) is 4.96.